The molecule has 2 heterocycles. The van der Waals surface area contributed by atoms with E-state index in [2.05, 4.69) is 15.1 Å². The summed E-state index contributed by atoms with van der Waals surface area (Å²) in [6.45, 7) is 2.36. The van der Waals surface area contributed by atoms with Gasteiger partial charge in [-0.15, -0.1) is 0 Å². The maximum Gasteiger partial charge on any atom is 0.163 e. The van der Waals surface area contributed by atoms with Gasteiger partial charge in [0.05, 0.1) is 24.7 Å². The summed E-state index contributed by atoms with van der Waals surface area (Å²) in [7, 11) is 0. The van der Waals surface area contributed by atoms with E-state index in [0.717, 1.165) is 31.2 Å². The molecule has 2 aromatic heterocycles. The predicted octanol–water partition coefficient (Wildman–Crippen LogP) is 3.67. The number of nitrogens with zero attached hydrogens (tertiary/aromatic N) is 4. The Kier molecular flexibility index (Phi) is 5.34. The Balaban J connectivity index is 1.52. The van der Waals surface area contributed by atoms with Crippen LogP contribution in [0.2, 0.25) is 0 Å². The summed E-state index contributed by atoms with van der Waals surface area (Å²) in [5.74, 6) is 0.880. The first kappa shape index (κ1) is 18.6. The number of rotatable bonds is 5. The fourth-order valence-electron chi connectivity index (χ4n) is 3.51. The minimum absolute atomic E-state index is 0.257. The van der Waals surface area contributed by atoms with Crippen molar-refractivity contribution < 1.29 is 9.13 Å². The molecule has 0 amide bonds. The van der Waals surface area contributed by atoms with E-state index in [1.54, 1.807) is 30.1 Å². The normalized spacial score (nSPS) is 19.5. The molecule has 1 saturated carbocycles. The van der Waals surface area contributed by atoms with Crippen LogP contribution in [-0.4, -0.2) is 32.4 Å². The van der Waals surface area contributed by atoms with Gasteiger partial charge in [-0.05, 0) is 56.2 Å². The number of halogens is 1. The van der Waals surface area contributed by atoms with Gasteiger partial charge in [0.1, 0.15) is 17.8 Å². The van der Waals surface area contributed by atoms with Crippen molar-refractivity contribution in [1.82, 2.24) is 19.7 Å². The molecule has 2 N–H and O–H groups in total. The number of benzene rings is 1. The lowest BCUT2D eigenvalue weighted by molar-refractivity contribution is 0.200. The zero-order valence-corrected chi connectivity index (χ0v) is 15.9. The fraction of sp³-hybridized carbons (Fsp3) is 0.381. The Hall–Kier alpha value is -2.80. The smallest absolute Gasteiger partial charge is 0.163 e. The highest BCUT2D eigenvalue weighted by atomic mass is 19.1. The van der Waals surface area contributed by atoms with Crippen LogP contribution in [-0.2, 0) is 0 Å². The standard InChI is InChI=1S/C21H24FN5O/c1-14-2-7-18(8-19(14)22)27-11-16(9-26-27)21-20(10-24-13-25-21)28-12-15-3-5-17(23)6-4-15/h2,7-11,13,15,17H,3-6,12,23H2,1H3. The van der Waals surface area contributed by atoms with Crippen LogP contribution in [0.4, 0.5) is 4.39 Å². The molecule has 146 valence electrons. The second kappa shape index (κ2) is 8.06. The second-order valence-corrected chi connectivity index (χ2v) is 7.43. The van der Waals surface area contributed by atoms with E-state index < -0.39 is 0 Å². The maximum absolute atomic E-state index is 13.9. The molecule has 1 aromatic carbocycles. The summed E-state index contributed by atoms with van der Waals surface area (Å²) in [5.41, 5.74) is 8.72. The molecule has 0 spiro atoms. The first-order valence-corrected chi connectivity index (χ1v) is 9.60. The molecule has 0 saturated heterocycles. The number of ether oxygens (including phenoxy) is 1. The third kappa shape index (κ3) is 4.04. The molecule has 0 aliphatic heterocycles. The topological polar surface area (TPSA) is 78.8 Å². The fourth-order valence-corrected chi connectivity index (χ4v) is 3.51. The van der Waals surface area contributed by atoms with E-state index in [0.29, 0.717) is 41.3 Å². The number of hydrogen-bond donors (Lipinski definition) is 1. The van der Waals surface area contributed by atoms with Crippen molar-refractivity contribution >= 4 is 0 Å². The van der Waals surface area contributed by atoms with E-state index in [1.165, 1.54) is 12.4 Å². The predicted molar refractivity (Wildman–Crippen MR) is 105 cm³/mol. The zero-order chi connectivity index (χ0) is 19.5. The van der Waals surface area contributed by atoms with Gasteiger partial charge in [-0.25, -0.2) is 19.0 Å². The SMILES string of the molecule is Cc1ccc(-n2cc(-c3ncncc3OCC3CCC(N)CC3)cn2)cc1F. The monoisotopic (exact) mass is 381 g/mol. The molecule has 1 aliphatic carbocycles. The van der Waals surface area contributed by atoms with Crippen molar-refractivity contribution in [3.8, 4) is 22.7 Å². The Morgan fingerprint density at radius 1 is 1.21 bits per heavy atom. The van der Waals surface area contributed by atoms with Gasteiger partial charge >= 0.3 is 0 Å². The van der Waals surface area contributed by atoms with E-state index in [-0.39, 0.29) is 5.82 Å². The van der Waals surface area contributed by atoms with E-state index in [4.69, 9.17) is 10.5 Å². The van der Waals surface area contributed by atoms with Crippen molar-refractivity contribution in [2.45, 2.75) is 38.6 Å². The molecule has 6 nitrogen and oxygen atoms in total. The van der Waals surface area contributed by atoms with Gasteiger partial charge in [0.2, 0.25) is 0 Å². The van der Waals surface area contributed by atoms with Crippen LogP contribution < -0.4 is 10.5 Å². The van der Waals surface area contributed by atoms with Crippen molar-refractivity contribution in [1.29, 1.82) is 0 Å². The van der Waals surface area contributed by atoms with Crippen molar-refractivity contribution in [2.75, 3.05) is 6.61 Å². The van der Waals surface area contributed by atoms with Crippen molar-refractivity contribution in [3.63, 3.8) is 0 Å². The molecule has 1 aliphatic rings. The second-order valence-electron chi connectivity index (χ2n) is 7.43. The van der Waals surface area contributed by atoms with Gasteiger partial charge in [0.15, 0.2) is 5.75 Å². The van der Waals surface area contributed by atoms with Crippen LogP contribution in [0.5, 0.6) is 5.75 Å². The largest absolute Gasteiger partial charge is 0.489 e. The minimum Gasteiger partial charge on any atom is -0.489 e. The molecule has 0 atom stereocenters. The Morgan fingerprint density at radius 2 is 2.04 bits per heavy atom. The number of aryl methyl sites for hydroxylation is 1. The summed E-state index contributed by atoms with van der Waals surface area (Å²) in [6.07, 6.45) is 11.0. The molecular formula is C21H24FN5O. The van der Waals surface area contributed by atoms with E-state index >= 15 is 0 Å². The van der Waals surface area contributed by atoms with E-state index in [1.807, 2.05) is 12.3 Å². The first-order valence-electron chi connectivity index (χ1n) is 9.60. The van der Waals surface area contributed by atoms with Gasteiger partial charge in [-0.1, -0.05) is 6.07 Å². The Labute approximate surface area is 163 Å². The highest BCUT2D eigenvalue weighted by Gasteiger charge is 2.20. The van der Waals surface area contributed by atoms with Gasteiger partial charge < -0.3 is 10.5 Å². The number of hydrogen-bond acceptors (Lipinski definition) is 5. The summed E-state index contributed by atoms with van der Waals surface area (Å²) in [6, 6.07) is 5.36. The van der Waals surface area contributed by atoms with Crippen LogP contribution in [0, 0.1) is 18.7 Å². The van der Waals surface area contributed by atoms with Crippen LogP contribution in [0.25, 0.3) is 16.9 Å². The highest BCUT2D eigenvalue weighted by Crippen LogP contribution is 2.29. The third-order valence-corrected chi connectivity index (χ3v) is 5.32. The lowest BCUT2D eigenvalue weighted by Crippen LogP contribution is -2.28. The molecular weight excluding hydrogens is 357 g/mol. The van der Waals surface area contributed by atoms with Gasteiger partial charge in [-0.3, -0.25) is 0 Å². The molecule has 3 aromatic rings. The van der Waals surface area contributed by atoms with Crippen LogP contribution in [0.15, 0.2) is 43.1 Å². The van der Waals surface area contributed by atoms with Gasteiger partial charge in [0.25, 0.3) is 0 Å². The quantitative estimate of drug-likeness (QED) is 0.729. The molecule has 28 heavy (non-hydrogen) atoms. The Bertz CT molecular complexity index is 949. The zero-order valence-electron chi connectivity index (χ0n) is 15.9. The number of nitrogens with two attached hydrogens (primary N) is 1. The van der Waals surface area contributed by atoms with Crippen molar-refractivity contribution in [3.05, 3.63) is 54.5 Å². The Morgan fingerprint density at radius 3 is 2.82 bits per heavy atom. The van der Waals surface area contributed by atoms with Crippen LogP contribution >= 0.6 is 0 Å². The lowest BCUT2D eigenvalue weighted by atomic mass is 9.87. The first-order chi connectivity index (χ1) is 13.6. The number of aromatic nitrogens is 4. The van der Waals surface area contributed by atoms with Crippen molar-refractivity contribution in [2.24, 2.45) is 11.7 Å². The highest BCUT2D eigenvalue weighted by molar-refractivity contribution is 5.64. The summed E-state index contributed by atoms with van der Waals surface area (Å²) >= 11 is 0. The lowest BCUT2D eigenvalue weighted by Gasteiger charge is -2.26. The third-order valence-electron chi connectivity index (χ3n) is 5.32. The minimum atomic E-state index is -0.257. The molecule has 0 unspecified atom stereocenters. The van der Waals surface area contributed by atoms with Gasteiger partial charge in [0, 0.05) is 17.8 Å². The average Bonchev–Trinajstić information content (AvgIpc) is 3.20. The molecule has 4 rings (SSSR count). The van der Waals surface area contributed by atoms with Gasteiger partial charge in [-0.2, -0.15) is 5.10 Å². The maximum atomic E-state index is 13.9. The summed E-state index contributed by atoms with van der Waals surface area (Å²) in [4.78, 5) is 8.48. The van der Waals surface area contributed by atoms with Crippen LogP contribution in [0.1, 0.15) is 31.2 Å². The summed E-state index contributed by atoms with van der Waals surface area (Å²) in [5, 5.41) is 4.35. The average molecular weight is 381 g/mol. The summed E-state index contributed by atoms with van der Waals surface area (Å²) < 4.78 is 21.6. The molecule has 0 radical (unpaired) electrons. The van der Waals surface area contributed by atoms with E-state index in [9.17, 15) is 4.39 Å². The molecule has 0 bridgehead atoms. The molecule has 1 fully saturated rings. The molecule has 7 heteroatoms. The van der Waals surface area contributed by atoms with Crippen LogP contribution in [0.3, 0.4) is 0 Å².